The van der Waals surface area contributed by atoms with Gasteiger partial charge < -0.3 is 15.4 Å². The summed E-state index contributed by atoms with van der Waals surface area (Å²) >= 11 is 0. The van der Waals surface area contributed by atoms with Crippen LogP contribution in [0.2, 0.25) is 0 Å². The molecule has 0 saturated carbocycles. The number of ether oxygens (including phenoxy) is 1. The molecule has 1 rings (SSSR count). The van der Waals surface area contributed by atoms with E-state index < -0.39 is 36.0 Å². The highest BCUT2D eigenvalue weighted by molar-refractivity contribution is 5.74. The fraction of sp³-hybridized carbons (Fsp3) is 0.833. The van der Waals surface area contributed by atoms with Crippen molar-refractivity contribution in [2.24, 2.45) is 11.7 Å². The number of likely N-dealkylation sites (tertiary alicyclic amines) is 1. The number of carbonyl (C=O) groups is 2. The molecule has 0 aliphatic carbocycles. The molecule has 0 aromatic carbocycles. The lowest BCUT2D eigenvalue weighted by Crippen LogP contribution is -2.52. The van der Waals surface area contributed by atoms with E-state index >= 15 is 0 Å². The number of alkyl halides is 2. The number of piperidine rings is 1. The first kappa shape index (κ1) is 15.7. The van der Waals surface area contributed by atoms with Crippen molar-refractivity contribution in [1.29, 1.82) is 0 Å². The van der Waals surface area contributed by atoms with Gasteiger partial charge in [-0.05, 0) is 27.2 Å². The average Bonchev–Trinajstić information content (AvgIpc) is 2.17. The molecular weight excluding hydrogens is 258 g/mol. The van der Waals surface area contributed by atoms with E-state index in [-0.39, 0.29) is 19.4 Å². The molecule has 2 N–H and O–H groups in total. The van der Waals surface area contributed by atoms with Crippen LogP contribution in [-0.4, -0.2) is 41.5 Å². The van der Waals surface area contributed by atoms with Crippen LogP contribution >= 0.6 is 0 Å². The summed E-state index contributed by atoms with van der Waals surface area (Å²) in [5.41, 5.74) is 4.22. The maximum atomic E-state index is 13.8. The zero-order valence-corrected chi connectivity index (χ0v) is 11.4. The smallest absolute Gasteiger partial charge is 0.410 e. The molecule has 1 saturated heterocycles. The molecule has 1 atom stereocenters. The van der Waals surface area contributed by atoms with Crippen LogP contribution in [0.1, 0.15) is 33.6 Å². The number of hydrogen-bond acceptors (Lipinski definition) is 3. The summed E-state index contributed by atoms with van der Waals surface area (Å²) in [5, 5.41) is 0. The summed E-state index contributed by atoms with van der Waals surface area (Å²) < 4.78 is 32.7. The molecule has 0 aromatic heterocycles. The highest BCUT2D eigenvalue weighted by Gasteiger charge is 2.46. The Kier molecular flexibility index (Phi) is 4.37. The maximum Gasteiger partial charge on any atom is 0.410 e. The Bertz CT molecular complexity index is 366. The SMILES string of the molecule is CC(C)(C)OC(=O)N1CC[C@H](CC(N)=O)C(F)(F)C1. The molecule has 0 aromatic rings. The second kappa shape index (κ2) is 5.30. The van der Waals surface area contributed by atoms with Crippen molar-refractivity contribution in [3.8, 4) is 0 Å². The number of nitrogens with zero attached hydrogens (tertiary/aromatic N) is 1. The van der Waals surface area contributed by atoms with Gasteiger partial charge in [0.05, 0.1) is 6.54 Å². The van der Waals surface area contributed by atoms with Crippen molar-refractivity contribution in [2.45, 2.75) is 45.1 Å². The first-order chi connectivity index (χ1) is 8.51. The molecule has 1 fully saturated rings. The van der Waals surface area contributed by atoms with E-state index in [0.29, 0.717) is 0 Å². The van der Waals surface area contributed by atoms with E-state index in [2.05, 4.69) is 0 Å². The molecule has 1 heterocycles. The molecular formula is C12H20F2N2O3. The van der Waals surface area contributed by atoms with Crippen molar-refractivity contribution in [1.82, 2.24) is 4.90 Å². The van der Waals surface area contributed by atoms with E-state index in [9.17, 15) is 18.4 Å². The minimum Gasteiger partial charge on any atom is -0.444 e. The van der Waals surface area contributed by atoms with E-state index in [0.717, 1.165) is 4.90 Å². The van der Waals surface area contributed by atoms with E-state index in [1.807, 2.05) is 0 Å². The molecule has 110 valence electrons. The largest absolute Gasteiger partial charge is 0.444 e. The molecule has 0 unspecified atom stereocenters. The van der Waals surface area contributed by atoms with Crippen LogP contribution in [0.5, 0.6) is 0 Å². The van der Waals surface area contributed by atoms with Gasteiger partial charge in [0.15, 0.2) is 0 Å². The van der Waals surface area contributed by atoms with Crippen LogP contribution in [0.4, 0.5) is 13.6 Å². The highest BCUT2D eigenvalue weighted by Crippen LogP contribution is 2.35. The van der Waals surface area contributed by atoms with Crippen molar-refractivity contribution < 1.29 is 23.1 Å². The Hall–Kier alpha value is -1.40. The minimum atomic E-state index is -3.12. The second-order valence-electron chi connectivity index (χ2n) is 5.82. The predicted octanol–water partition coefficient (Wildman–Crippen LogP) is 1.75. The van der Waals surface area contributed by atoms with Gasteiger partial charge in [0.1, 0.15) is 5.60 Å². The third kappa shape index (κ3) is 4.65. The molecule has 0 spiro atoms. The van der Waals surface area contributed by atoms with Crippen molar-refractivity contribution in [3.05, 3.63) is 0 Å². The van der Waals surface area contributed by atoms with Crippen LogP contribution < -0.4 is 5.73 Å². The molecule has 0 bridgehead atoms. The maximum absolute atomic E-state index is 13.8. The Morgan fingerprint density at radius 3 is 2.42 bits per heavy atom. The fourth-order valence-corrected chi connectivity index (χ4v) is 1.96. The van der Waals surface area contributed by atoms with Crippen LogP contribution in [0, 0.1) is 5.92 Å². The summed E-state index contributed by atoms with van der Waals surface area (Å²) in [6, 6.07) is 0. The summed E-state index contributed by atoms with van der Waals surface area (Å²) in [6.45, 7) is 4.41. The van der Waals surface area contributed by atoms with Gasteiger partial charge >= 0.3 is 6.09 Å². The molecule has 0 radical (unpaired) electrons. The zero-order chi connectivity index (χ0) is 14.8. The molecule has 1 aliphatic rings. The number of carbonyl (C=O) groups excluding carboxylic acids is 2. The van der Waals surface area contributed by atoms with Crippen molar-refractivity contribution in [3.63, 3.8) is 0 Å². The Morgan fingerprint density at radius 1 is 1.42 bits per heavy atom. The molecule has 2 amide bonds. The van der Waals surface area contributed by atoms with Gasteiger partial charge in [-0.1, -0.05) is 0 Å². The number of amides is 2. The lowest BCUT2D eigenvalue weighted by molar-refractivity contribution is -0.133. The second-order valence-corrected chi connectivity index (χ2v) is 5.82. The Morgan fingerprint density at radius 2 is 2.00 bits per heavy atom. The van der Waals surface area contributed by atoms with Gasteiger partial charge in [-0.25, -0.2) is 13.6 Å². The molecule has 19 heavy (non-hydrogen) atoms. The third-order valence-electron chi connectivity index (χ3n) is 2.85. The topological polar surface area (TPSA) is 72.6 Å². The van der Waals surface area contributed by atoms with Gasteiger partial charge in [0, 0.05) is 18.9 Å². The monoisotopic (exact) mass is 278 g/mol. The summed E-state index contributed by atoms with van der Waals surface area (Å²) in [5.74, 6) is -4.98. The first-order valence-electron chi connectivity index (χ1n) is 6.15. The third-order valence-corrected chi connectivity index (χ3v) is 2.85. The van der Waals surface area contributed by atoms with Crippen LogP contribution in [0.25, 0.3) is 0 Å². The molecule has 7 heteroatoms. The van der Waals surface area contributed by atoms with Crippen molar-refractivity contribution >= 4 is 12.0 Å². The van der Waals surface area contributed by atoms with Crippen molar-refractivity contribution in [2.75, 3.05) is 13.1 Å². The van der Waals surface area contributed by atoms with Crippen LogP contribution in [0.3, 0.4) is 0 Å². The lowest BCUT2D eigenvalue weighted by Gasteiger charge is -2.38. The van der Waals surface area contributed by atoms with E-state index in [1.165, 1.54) is 0 Å². The van der Waals surface area contributed by atoms with E-state index in [1.54, 1.807) is 20.8 Å². The number of halogens is 2. The summed E-state index contributed by atoms with van der Waals surface area (Å²) in [7, 11) is 0. The average molecular weight is 278 g/mol. The van der Waals surface area contributed by atoms with Gasteiger partial charge in [0.25, 0.3) is 5.92 Å². The highest BCUT2D eigenvalue weighted by atomic mass is 19.3. The minimum absolute atomic E-state index is 0.0369. The van der Waals surface area contributed by atoms with Gasteiger partial charge in [0.2, 0.25) is 5.91 Å². The number of rotatable bonds is 2. The fourth-order valence-electron chi connectivity index (χ4n) is 1.96. The number of primary amides is 1. The Labute approximate surface area is 111 Å². The number of hydrogen-bond donors (Lipinski definition) is 1. The summed E-state index contributed by atoms with van der Waals surface area (Å²) in [4.78, 5) is 23.4. The first-order valence-corrected chi connectivity index (χ1v) is 6.15. The van der Waals surface area contributed by atoms with Gasteiger partial charge in [-0.3, -0.25) is 4.79 Å². The Balaban J connectivity index is 2.65. The molecule has 5 nitrogen and oxygen atoms in total. The normalized spacial score (nSPS) is 23.0. The van der Waals surface area contributed by atoms with Gasteiger partial charge in [-0.15, -0.1) is 0 Å². The van der Waals surface area contributed by atoms with Crippen LogP contribution in [0.15, 0.2) is 0 Å². The molecule has 1 aliphatic heterocycles. The van der Waals surface area contributed by atoms with Crippen LogP contribution in [-0.2, 0) is 9.53 Å². The van der Waals surface area contributed by atoms with E-state index in [4.69, 9.17) is 10.5 Å². The van der Waals surface area contributed by atoms with Gasteiger partial charge in [-0.2, -0.15) is 0 Å². The number of nitrogens with two attached hydrogens (primary N) is 1. The standard InChI is InChI=1S/C12H20F2N2O3/c1-11(2,3)19-10(18)16-5-4-8(6-9(15)17)12(13,14)7-16/h8H,4-7H2,1-3H3,(H2,15,17)/t8-/m1/s1. The predicted molar refractivity (Wildman–Crippen MR) is 64.7 cm³/mol. The quantitative estimate of drug-likeness (QED) is 0.836. The zero-order valence-electron chi connectivity index (χ0n) is 11.4. The lowest BCUT2D eigenvalue weighted by atomic mass is 9.90. The summed E-state index contributed by atoms with van der Waals surface area (Å²) in [6.07, 6.45) is -1.09.